The Bertz CT molecular complexity index is 310. The molecule has 4 bridgehead atoms. The van der Waals surface area contributed by atoms with Crippen LogP contribution in [0.4, 0.5) is 0 Å². The van der Waals surface area contributed by atoms with Crippen LogP contribution >= 0.6 is 0 Å². The van der Waals surface area contributed by atoms with Gasteiger partial charge in [-0.05, 0) is 106 Å². The van der Waals surface area contributed by atoms with Crippen molar-refractivity contribution in [3.63, 3.8) is 0 Å². The molecule has 0 spiro atoms. The van der Waals surface area contributed by atoms with Gasteiger partial charge in [-0.25, -0.2) is 0 Å². The Hall–Kier alpha value is -0.0800. The second kappa shape index (κ2) is 6.58. The van der Waals surface area contributed by atoms with Crippen LogP contribution in [0.5, 0.6) is 0 Å². The minimum atomic E-state index is 0.250. The fourth-order valence-corrected chi connectivity index (χ4v) is 7.12. The lowest BCUT2D eigenvalue weighted by molar-refractivity contribution is 0.153. The zero-order valence-electron chi connectivity index (χ0n) is 13.9. The summed E-state index contributed by atoms with van der Waals surface area (Å²) < 4.78 is 0. The molecular formula is C19H34O2. The number of hydrogen-bond acceptors (Lipinski definition) is 2. The average molecular weight is 294 g/mol. The van der Waals surface area contributed by atoms with E-state index in [-0.39, 0.29) is 13.2 Å². The smallest absolute Gasteiger partial charge is 0.0402 e. The molecule has 0 heterocycles. The molecule has 2 N–H and O–H groups in total. The van der Waals surface area contributed by atoms with Crippen molar-refractivity contribution in [2.75, 3.05) is 13.2 Å². The van der Waals surface area contributed by atoms with Gasteiger partial charge in [0, 0.05) is 13.2 Å². The molecule has 5 aliphatic rings. The maximum Gasteiger partial charge on any atom is 0.0402 e. The van der Waals surface area contributed by atoms with Crippen LogP contribution in [0.25, 0.3) is 0 Å². The van der Waals surface area contributed by atoms with Crippen LogP contribution in [0, 0.1) is 47.3 Å². The summed E-state index contributed by atoms with van der Waals surface area (Å²) in [5, 5.41) is 15.1. The Labute approximate surface area is 130 Å². The molecule has 5 saturated carbocycles. The topological polar surface area (TPSA) is 40.5 Å². The van der Waals surface area contributed by atoms with E-state index in [9.17, 15) is 0 Å². The molecule has 2 nitrogen and oxygen atoms in total. The second-order valence-electron chi connectivity index (χ2n) is 8.02. The van der Waals surface area contributed by atoms with Gasteiger partial charge in [-0.1, -0.05) is 0 Å². The third-order valence-electron chi connectivity index (χ3n) is 7.30. The largest absolute Gasteiger partial charge is 0.397 e. The van der Waals surface area contributed by atoms with Crippen LogP contribution in [0.3, 0.4) is 0 Å². The van der Waals surface area contributed by atoms with Crippen molar-refractivity contribution in [1.82, 2.24) is 0 Å². The first-order valence-electron chi connectivity index (χ1n) is 9.46. The number of rotatable bonds is 0. The lowest BCUT2D eigenvalue weighted by atomic mass is 9.72. The minimum Gasteiger partial charge on any atom is -0.397 e. The molecule has 0 radical (unpaired) electrons. The molecule has 5 fully saturated rings. The fourth-order valence-electron chi connectivity index (χ4n) is 7.12. The predicted molar refractivity (Wildman–Crippen MR) is 85.8 cm³/mol. The lowest BCUT2D eigenvalue weighted by Gasteiger charge is -2.33. The van der Waals surface area contributed by atoms with Crippen molar-refractivity contribution >= 4 is 0 Å². The molecule has 8 atom stereocenters. The summed E-state index contributed by atoms with van der Waals surface area (Å²) in [6, 6.07) is 0. The van der Waals surface area contributed by atoms with E-state index in [4.69, 9.17) is 10.2 Å². The summed E-state index contributed by atoms with van der Waals surface area (Å²) in [6.45, 7) is 3.86. The van der Waals surface area contributed by atoms with Gasteiger partial charge < -0.3 is 10.2 Å². The SMILES string of the molecule is C1CC2CC1C1CC3C4CCC(C4)C3C21.CCO.CCO. The Balaban J connectivity index is 0.000000195. The van der Waals surface area contributed by atoms with E-state index in [1.807, 2.05) is 0 Å². The van der Waals surface area contributed by atoms with Crippen LogP contribution in [-0.2, 0) is 0 Å². The van der Waals surface area contributed by atoms with E-state index in [0.717, 1.165) is 0 Å². The van der Waals surface area contributed by atoms with Crippen LogP contribution in [0.15, 0.2) is 0 Å². The van der Waals surface area contributed by atoms with Crippen LogP contribution in [-0.4, -0.2) is 23.4 Å². The molecule has 2 heteroatoms. The number of fused-ring (bicyclic) bond motifs is 11. The van der Waals surface area contributed by atoms with Crippen molar-refractivity contribution in [2.24, 2.45) is 47.3 Å². The van der Waals surface area contributed by atoms with Gasteiger partial charge >= 0.3 is 0 Å². The lowest BCUT2D eigenvalue weighted by Crippen LogP contribution is -2.27. The van der Waals surface area contributed by atoms with E-state index in [1.165, 1.54) is 47.3 Å². The van der Waals surface area contributed by atoms with Gasteiger partial charge in [-0.15, -0.1) is 0 Å². The van der Waals surface area contributed by atoms with Crippen LogP contribution in [0.1, 0.15) is 58.8 Å². The molecule has 5 rings (SSSR count). The molecule has 0 aliphatic heterocycles. The third-order valence-corrected chi connectivity index (χ3v) is 7.30. The standard InChI is InChI=1S/C15H22.2C2H6O/c1-3-10-5-8(1)12-7-13-9-2-4-11(6-9)15(13)14(10)12;2*1-2-3/h8-15H,1-7H2;2*3H,2H2,1H3. The second-order valence-corrected chi connectivity index (χ2v) is 8.02. The number of aliphatic hydroxyl groups is 2. The van der Waals surface area contributed by atoms with Crippen LogP contribution in [0.2, 0.25) is 0 Å². The first kappa shape index (κ1) is 15.8. The fraction of sp³-hybridized carbons (Fsp3) is 1.00. The minimum absolute atomic E-state index is 0.250. The van der Waals surface area contributed by atoms with E-state index in [1.54, 1.807) is 58.8 Å². The molecule has 5 aliphatic carbocycles. The highest BCUT2D eigenvalue weighted by molar-refractivity contribution is 5.12. The highest BCUT2D eigenvalue weighted by atomic mass is 16.3. The quantitative estimate of drug-likeness (QED) is 0.715. The average Bonchev–Trinajstić information content (AvgIpc) is 3.24. The van der Waals surface area contributed by atoms with Gasteiger partial charge in [0.2, 0.25) is 0 Å². The molecular weight excluding hydrogens is 260 g/mol. The molecule has 8 unspecified atom stereocenters. The molecule has 0 aromatic heterocycles. The summed E-state index contributed by atoms with van der Waals surface area (Å²) in [6.07, 6.45) is 11.4. The molecule has 0 aromatic rings. The molecule has 0 amide bonds. The van der Waals surface area contributed by atoms with Gasteiger partial charge in [0.1, 0.15) is 0 Å². The van der Waals surface area contributed by atoms with Gasteiger partial charge in [-0.2, -0.15) is 0 Å². The monoisotopic (exact) mass is 294 g/mol. The van der Waals surface area contributed by atoms with E-state index in [2.05, 4.69) is 0 Å². The van der Waals surface area contributed by atoms with Gasteiger partial charge in [0.15, 0.2) is 0 Å². The van der Waals surface area contributed by atoms with Gasteiger partial charge in [0.25, 0.3) is 0 Å². The summed E-state index contributed by atoms with van der Waals surface area (Å²) in [5.74, 6) is 9.73. The highest BCUT2D eigenvalue weighted by Crippen LogP contribution is 2.70. The van der Waals surface area contributed by atoms with E-state index >= 15 is 0 Å². The summed E-state index contributed by atoms with van der Waals surface area (Å²) in [4.78, 5) is 0. The predicted octanol–water partition coefficient (Wildman–Crippen LogP) is 3.71. The first-order chi connectivity index (χ1) is 10.2. The van der Waals surface area contributed by atoms with E-state index in [0.29, 0.717) is 0 Å². The number of hydrogen-bond donors (Lipinski definition) is 2. The Morgan fingerprint density at radius 2 is 0.952 bits per heavy atom. The van der Waals surface area contributed by atoms with Crippen molar-refractivity contribution in [1.29, 1.82) is 0 Å². The maximum atomic E-state index is 7.57. The number of aliphatic hydroxyl groups excluding tert-OH is 2. The maximum absolute atomic E-state index is 7.57. The molecule has 21 heavy (non-hydrogen) atoms. The Morgan fingerprint density at radius 1 is 0.619 bits per heavy atom. The summed E-state index contributed by atoms with van der Waals surface area (Å²) in [5.41, 5.74) is 0. The highest BCUT2D eigenvalue weighted by Gasteiger charge is 2.63. The van der Waals surface area contributed by atoms with Gasteiger partial charge in [-0.3, -0.25) is 0 Å². The molecule has 0 saturated heterocycles. The third kappa shape index (κ3) is 2.57. The first-order valence-corrected chi connectivity index (χ1v) is 9.46. The normalized spacial score (nSPS) is 50.9. The Morgan fingerprint density at radius 3 is 1.33 bits per heavy atom. The zero-order valence-corrected chi connectivity index (χ0v) is 13.9. The van der Waals surface area contributed by atoms with Crippen molar-refractivity contribution < 1.29 is 10.2 Å². The van der Waals surface area contributed by atoms with Crippen molar-refractivity contribution in [3.8, 4) is 0 Å². The summed E-state index contributed by atoms with van der Waals surface area (Å²) in [7, 11) is 0. The van der Waals surface area contributed by atoms with Gasteiger partial charge in [0.05, 0.1) is 0 Å². The molecule has 122 valence electrons. The van der Waals surface area contributed by atoms with Crippen molar-refractivity contribution in [3.05, 3.63) is 0 Å². The zero-order chi connectivity index (χ0) is 15.0. The summed E-state index contributed by atoms with van der Waals surface area (Å²) >= 11 is 0. The van der Waals surface area contributed by atoms with E-state index < -0.39 is 0 Å². The van der Waals surface area contributed by atoms with Crippen molar-refractivity contribution in [2.45, 2.75) is 58.8 Å². The Kier molecular flexibility index (Phi) is 4.95. The molecule has 0 aromatic carbocycles. The van der Waals surface area contributed by atoms with Crippen LogP contribution < -0.4 is 0 Å².